The highest BCUT2D eigenvalue weighted by atomic mass is 19.4. The van der Waals surface area contributed by atoms with Gasteiger partial charge in [0.2, 0.25) is 0 Å². The number of rotatable bonds is 4. The summed E-state index contributed by atoms with van der Waals surface area (Å²) in [5, 5.41) is 7.46. The van der Waals surface area contributed by atoms with Gasteiger partial charge in [0.25, 0.3) is 0 Å². The van der Waals surface area contributed by atoms with Crippen molar-refractivity contribution in [1.82, 2.24) is 14.8 Å². The average Bonchev–Trinajstić information content (AvgIpc) is 3.16. The van der Waals surface area contributed by atoms with Gasteiger partial charge in [0.05, 0.1) is 26.0 Å². The first kappa shape index (κ1) is 20.1. The van der Waals surface area contributed by atoms with Crippen molar-refractivity contribution in [3.63, 3.8) is 0 Å². The molecule has 0 aliphatic carbocycles. The molecule has 0 saturated heterocycles. The van der Waals surface area contributed by atoms with E-state index in [2.05, 4.69) is 15.4 Å². The maximum Gasteiger partial charge on any atom is 0.410 e. The van der Waals surface area contributed by atoms with Gasteiger partial charge in [-0.2, -0.15) is 18.3 Å². The van der Waals surface area contributed by atoms with Crippen LogP contribution in [-0.4, -0.2) is 35.2 Å². The van der Waals surface area contributed by atoms with Gasteiger partial charge in [-0.3, -0.25) is 4.98 Å². The first-order valence-corrected chi connectivity index (χ1v) is 9.38. The van der Waals surface area contributed by atoms with Crippen molar-refractivity contribution < 1.29 is 22.6 Å². The van der Waals surface area contributed by atoms with Crippen molar-refractivity contribution in [2.45, 2.75) is 31.6 Å². The third-order valence-electron chi connectivity index (χ3n) is 5.19. The highest BCUT2D eigenvalue weighted by Crippen LogP contribution is 2.45. The molecular formula is C21H21F3N4O2. The molecular weight excluding hydrogens is 397 g/mol. The van der Waals surface area contributed by atoms with Gasteiger partial charge in [0.1, 0.15) is 5.82 Å². The van der Waals surface area contributed by atoms with E-state index in [1.165, 1.54) is 14.2 Å². The standard InChI is InChI=1S/C21H21F3N4O2/c1-12-8-14(6-7-25-12)16-11-20-26-15(10-19(21(22,23)24)28(20)27-16)13-4-5-17(29-2)18(9-13)30-3/h4-9,11,15,19,26H,10H2,1-3H3. The molecule has 3 aromatic rings. The van der Waals surface area contributed by atoms with Crippen LogP contribution >= 0.6 is 0 Å². The van der Waals surface area contributed by atoms with E-state index in [0.717, 1.165) is 15.9 Å². The third kappa shape index (κ3) is 3.67. The number of methoxy groups -OCH3 is 2. The van der Waals surface area contributed by atoms with E-state index in [1.54, 1.807) is 42.6 Å². The van der Waals surface area contributed by atoms with Crippen molar-refractivity contribution in [1.29, 1.82) is 0 Å². The molecule has 2 unspecified atom stereocenters. The molecule has 2 atom stereocenters. The Balaban J connectivity index is 1.74. The Bertz CT molecular complexity index is 1060. The molecule has 0 radical (unpaired) electrons. The topological polar surface area (TPSA) is 61.2 Å². The predicted molar refractivity (Wildman–Crippen MR) is 106 cm³/mol. The number of fused-ring (bicyclic) bond motifs is 1. The third-order valence-corrected chi connectivity index (χ3v) is 5.19. The van der Waals surface area contributed by atoms with Gasteiger partial charge < -0.3 is 14.8 Å². The summed E-state index contributed by atoms with van der Waals surface area (Å²) in [4.78, 5) is 4.13. The van der Waals surface area contributed by atoms with Crippen molar-refractivity contribution in [3.8, 4) is 22.8 Å². The summed E-state index contributed by atoms with van der Waals surface area (Å²) in [6.45, 7) is 1.82. The molecule has 1 aliphatic heterocycles. The maximum absolute atomic E-state index is 13.9. The molecule has 0 spiro atoms. The molecule has 1 N–H and O–H groups in total. The Labute approximate surface area is 171 Å². The Hall–Kier alpha value is -3.23. The maximum atomic E-state index is 13.9. The van der Waals surface area contributed by atoms with Crippen molar-refractivity contribution >= 4 is 5.82 Å². The average molecular weight is 418 g/mol. The van der Waals surface area contributed by atoms with Crippen LogP contribution in [0, 0.1) is 6.92 Å². The second kappa shape index (κ2) is 7.55. The summed E-state index contributed by atoms with van der Waals surface area (Å²) in [6, 6.07) is 7.99. The molecule has 4 rings (SSSR count). The van der Waals surface area contributed by atoms with Crippen molar-refractivity contribution in [3.05, 3.63) is 53.9 Å². The largest absolute Gasteiger partial charge is 0.493 e. The number of nitrogens with one attached hydrogen (secondary N) is 1. The normalized spacial score (nSPS) is 18.5. The number of hydrogen-bond acceptors (Lipinski definition) is 5. The number of halogens is 3. The second-order valence-electron chi connectivity index (χ2n) is 7.15. The van der Waals surface area contributed by atoms with Crippen LogP contribution in [0.1, 0.15) is 29.8 Å². The number of hydrogen-bond donors (Lipinski definition) is 1. The van der Waals surface area contributed by atoms with Gasteiger partial charge in [-0.05, 0) is 36.8 Å². The quantitative estimate of drug-likeness (QED) is 0.651. The van der Waals surface area contributed by atoms with E-state index in [-0.39, 0.29) is 6.42 Å². The number of alkyl halides is 3. The number of aromatic nitrogens is 3. The van der Waals surface area contributed by atoms with E-state index in [9.17, 15) is 13.2 Å². The zero-order valence-electron chi connectivity index (χ0n) is 16.7. The molecule has 1 aromatic carbocycles. The molecule has 158 valence electrons. The van der Waals surface area contributed by atoms with E-state index >= 15 is 0 Å². The SMILES string of the molecule is COc1ccc(C2CC(C(F)(F)F)n3nc(-c4ccnc(C)c4)cc3N2)cc1OC. The van der Waals surface area contributed by atoms with Gasteiger partial charge in [-0.15, -0.1) is 0 Å². The molecule has 0 amide bonds. The molecule has 3 heterocycles. The van der Waals surface area contributed by atoms with E-state index in [0.29, 0.717) is 28.6 Å². The van der Waals surface area contributed by atoms with Gasteiger partial charge in [-0.25, -0.2) is 4.68 Å². The summed E-state index contributed by atoms with van der Waals surface area (Å²) in [5.74, 6) is 1.30. The number of nitrogens with zero attached hydrogens (tertiary/aromatic N) is 3. The van der Waals surface area contributed by atoms with Crippen LogP contribution in [-0.2, 0) is 0 Å². The second-order valence-corrected chi connectivity index (χ2v) is 7.15. The molecule has 30 heavy (non-hydrogen) atoms. The Morgan fingerprint density at radius 3 is 2.50 bits per heavy atom. The Kier molecular flexibility index (Phi) is 5.05. The number of ether oxygens (including phenoxy) is 2. The van der Waals surface area contributed by atoms with Crippen LogP contribution in [0.4, 0.5) is 19.0 Å². The molecule has 9 heteroatoms. The highest BCUT2D eigenvalue weighted by Gasteiger charge is 2.46. The van der Waals surface area contributed by atoms with Crippen LogP contribution < -0.4 is 14.8 Å². The summed E-state index contributed by atoms with van der Waals surface area (Å²) >= 11 is 0. The highest BCUT2D eigenvalue weighted by molar-refractivity contribution is 5.64. The monoisotopic (exact) mass is 418 g/mol. The number of benzene rings is 1. The van der Waals surface area contributed by atoms with Crippen molar-refractivity contribution in [2.24, 2.45) is 0 Å². The minimum Gasteiger partial charge on any atom is -0.493 e. The lowest BCUT2D eigenvalue weighted by Gasteiger charge is -2.33. The van der Waals surface area contributed by atoms with Gasteiger partial charge >= 0.3 is 6.18 Å². The first-order chi connectivity index (χ1) is 14.3. The van der Waals surface area contributed by atoms with Crippen molar-refractivity contribution in [2.75, 3.05) is 19.5 Å². The number of aryl methyl sites for hydroxylation is 1. The fraction of sp³-hybridized carbons (Fsp3) is 0.333. The molecule has 1 aliphatic rings. The zero-order valence-corrected chi connectivity index (χ0v) is 16.7. The lowest BCUT2D eigenvalue weighted by Crippen LogP contribution is -2.35. The summed E-state index contributed by atoms with van der Waals surface area (Å²) in [6.07, 6.45) is -3.02. The van der Waals surface area contributed by atoms with Crippen LogP contribution in [0.5, 0.6) is 11.5 Å². The van der Waals surface area contributed by atoms with Gasteiger partial charge in [0.15, 0.2) is 17.5 Å². The van der Waals surface area contributed by atoms with Gasteiger partial charge in [-0.1, -0.05) is 6.07 Å². The smallest absolute Gasteiger partial charge is 0.410 e. The minimum absolute atomic E-state index is 0.192. The summed E-state index contributed by atoms with van der Waals surface area (Å²) < 4.78 is 53.3. The summed E-state index contributed by atoms with van der Waals surface area (Å²) in [7, 11) is 3.00. The lowest BCUT2D eigenvalue weighted by atomic mass is 9.96. The first-order valence-electron chi connectivity index (χ1n) is 9.38. The minimum atomic E-state index is -4.44. The Morgan fingerprint density at radius 2 is 1.83 bits per heavy atom. The number of pyridine rings is 1. The lowest BCUT2D eigenvalue weighted by molar-refractivity contribution is -0.173. The fourth-order valence-electron chi connectivity index (χ4n) is 3.71. The van der Waals surface area contributed by atoms with E-state index in [4.69, 9.17) is 9.47 Å². The predicted octanol–water partition coefficient (Wildman–Crippen LogP) is 4.93. The Morgan fingerprint density at radius 1 is 1.07 bits per heavy atom. The van der Waals surface area contributed by atoms with Crippen LogP contribution in [0.15, 0.2) is 42.6 Å². The van der Waals surface area contributed by atoms with Crippen LogP contribution in [0.2, 0.25) is 0 Å². The van der Waals surface area contributed by atoms with E-state index in [1.807, 2.05) is 6.92 Å². The molecule has 0 bridgehead atoms. The zero-order chi connectivity index (χ0) is 21.5. The molecule has 2 aromatic heterocycles. The molecule has 0 fully saturated rings. The molecule has 0 saturated carbocycles. The summed E-state index contributed by atoms with van der Waals surface area (Å²) in [5.41, 5.74) is 2.62. The van der Waals surface area contributed by atoms with Crippen LogP contribution in [0.25, 0.3) is 11.3 Å². The van der Waals surface area contributed by atoms with E-state index < -0.39 is 18.3 Å². The molecule has 6 nitrogen and oxygen atoms in total. The van der Waals surface area contributed by atoms with Crippen LogP contribution in [0.3, 0.4) is 0 Å². The number of anilines is 1. The fourth-order valence-corrected chi connectivity index (χ4v) is 3.71. The van der Waals surface area contributed by atoms with Gasteiger partial charge in [0, 0.05) is 29.9 Å².